The van der Waals surface area contributed by atoms with Gasteiger partial charge < -0.3 is 9.47 Å². The van der Waals surface area contributed by atoms with E-state index in [0.29, 0.717) is 27.5 Å². The van der Waals surface area contributed by atoms with E-state index in [4.69, 9.17) is 9.47 Å². The molecular weight excluding hydrogens is 480 g/mol. The molecule has 0 N–H and O–H groups in total. The Morgan fingerprint density at radius 3 is 2.61 bits per heavy atom. The monoisotopic (exact) mass is 512 g/mol. The average Bonchev–Trinajstić information content (AvgIpc) is 2.62. The third kappa shape index (κ3) is 3.98. The Morgan fingerprint density at radius 2 is 1.93 bits per heavy atom. The zero-order valence-electron chi connectivity index (χ0n) is 17.9. The average molecular weight is 514 g/mol. The van der Waals surface area contributed by atoms with Gasteiger partial charge in [0.15, 0.2) is 6.79 Å². The number of hydrogen-bond acceptors (Lipinski definition) is 2. The molecule has 4 atom stereocenters. The summed E-state index contributed by atoms with van der Waals surface area (Å²) in [6.45, 7) is 14.5. The van der Waals surface area contributed by atoms with Crippen LogP contribution in [0.15, 0.2) is 28.8 Å². The SMILES string of the molecule is C=C1CC[C@@H]2C(C)(C)[C@@H](Br)CC[C@]2(C)[C@@H]1Cc1cc(OCOC)c(Br)cc1C. The molecular formula is C24H34Br2O2. The van der Waals surface area contributed by atoms with Crippen molar-refractivity contribution in [3.63, 3.8) is 0 Å². The molecule has 0 bridgehead atoms. The Labute approximate surface area is 187 Å². The lowest BCUT2D eigenvalue weighted by Crippen LogP contribution is -2.53. The van der Waals surface area contributed by atoms with E-state index in [1.807, 2.05) is 0 Å². The molecule has 0 heterocycles. The van der Waals surface area contributed by atoms with Gasteiger partial charge in [-0.2, -0.15) is 0 Å². The molecule has 2 aliphatic carbocycles. The van der Waals surface area contributed by atoms with Crippen molar-refractivity contribution in [1.82, 2.24) is 0 Å². The number of aryl methyl sites for hydroxylation is 1. The van der Waals surface area contributed by atoms with Crippen LogP contribution >= 0.6 is 31.9 Å². The van der Waals surface area contributed by atoms with Gasteiger partial charge in [0.25, 0.3) is 0 Å². The summed E-state index contributed by atoms with van der Waals surface area (Å²) in [5.41, 5.74) is 4.72. The van der Waals surface area contributed by atoms with E-state index >= 15 is 0 Å². The van der Waals surface area contributed by atoms with E-state index in [2.05, 4.69) is 78.3 Å². The van der Waals surface area contributed by atoms with Gasteiger partial charge in [0.05, 0.1) is 4.47 Å². The van der Waals surface area contributed by atoms with Crippen LogP contribution in [0.2, 0.25) is 0 Å². The summed E-state index contributed by atoms with van der Waals surface area (Å²) in [6.07, 6.45) is 5.96. The number of rotatable bonds is 5. The van der Waals surface area contributed by atoms with Crippen molar-refractivity contribution in [1.29, 1.82) is 0 Å². The second-order valence-corrected chi connectivity index (χ2v) is 11.6. The van der Waals surface area contributed by atoms with Gasteiger partial charge in [0, 0.05) is 11.9 Å². The summed E-state index contributed by atoms with van der Waals surface area (Å²) in [5.74, 6) is 2.09. The number of alkyl halides is 1. The third-order valence-electron chi connectivity index (χ3n) is 7.63. The molecule has 4 heteroatoms. The lowest BCUT2D eigenvalue weighted by Gasteiger charge is -2.59. The Hall–Kier alpha value is -0.320. The maximum Gasteiger partial charge on any atom is 0.188 e. The molecule has 0 aromatic heterocycles. The van der Waals surface area contributed by atoms with Gasteiger partial charge >= 0.3 is 0 Å². The number of allylic oxidation sites excluding steroid dienone is 1. The molecule has 2 nitrogen and oxygen atoms in total. The molecule has 2 saturated carbocycles. The largest absolute Gasteiger partial charge is 0.466 e. The van der Waals surface area contributed by atoms with Crippen LogP contribution in [0.5, 0.6) is 5.75 Å². The molecule has 28 heavy (non-hydrogen) atoms. The molecule has 0 spiro atoms. The highest BCUT2D eigenvalue weighted by Gasteiger charge is 2.55. The van der Waals surface area contributed by atoms with E-state index in [1.54, 1.807) is 7.11 Å². The Kier molecular flexibility index (Phi) is 6.74. The fourth-order valence-electron chi connectivity index (χ4n) is 5.89. The zero-order valence-corrected chi connectivity index (χ0v) is 21.1. The molecule has 3 rings (SSSR count). The second-order valence-electron chi connectivity index (χ2n) is 9.60. The van der Waals surface area contributed by atoms with Gasteiger partial charge in [-0.05, 0) is 101 Å². The normalized spacial score (nSPS) is 32.1. The van der Waals surface area contributed by atoms with Crippen molar-refractivity contribution >= 4 is 31.9 Å². The first-order valence-electron chi connectivity index (χ1n) is 10.3. The van der Waals surface area contributed by atoms with E-state index in [9.17, 15) is 0 Å². The number of halogens is 2. The van der Waals surface area contributed by atoms with Crippen LogP contribution in [0.4, 0.5) is 0 Å². The van der Waals surface area contributed by atoms with Crippen molar-refractivity contribution < 1.29 is 9.47 Å². The van der Waals surface area contributed by atoms with E-state index in [-0.39, 0.29) is 6.79 Å². The highest BCUT2D eigenvalue weighted by atomic mass is 79.9. The summed E-state index contributed by atoms with van der Waals surface area (Å²) in [4.78, 5) is 0.605. The highest BCUT2D eigenvalue weighted by Crippen LogP contribution is 2.62. The number of methoxy groups -OCH3 is 1. The summed E-state index contributed by atoms with van der Waals surface area (Å²) in [6, 6.07) is 4.37. The Balaban J connectivity index is 1.93. The molecule has 0 aliphatic heterocycles. The van der Waals surface area contributed by atoms with Gasteiger partial charge in [-0.15, -0.1) is 0 Å². The molecule has 0 saturated heterocycles. The standard InChI is InChI=1S/C24H34Br2O2/c1-15-7-8-21-23(3,4)22(26)9-10-24(21,5)18(15)12-17-13-20(28-14-27-6)19(25)11-16(17)2/h11,13,18,21-22H,1,7-10,12,14H2,2-6H3/t18-,21-,22+,24-/m1/s1. The maximum absolute atomic E-state index is 5.78. The summed E-state index contributed by atoms with van der Waals surface area (Å²) in [5, 5.41) is 0. The Morgan fingerprint density at radius 1 is 1.21 bits per heavy atom. The van der Waals surface area contributed by atoms with Crippen LogP contribution in [0.25, 0.3) is 0 Å². The van der Waals surface area contributed by atoms with Gasteiger partial charge in [0.2, 0.25) is 0 Å². The highest BCUT2D eigenvalue weighted by molar-refractivity contribution is 9.10. The van der Waals surface area contributed by atoms with Gasteiger partial charge in [-0.3, -0.25) is 0 Å². The predicted molar refractivity (Wildman–Crippen MR) is 124 cm³/mol. The quantitative estimate of drug-likeness (QED) is 0.231. The summed E-state index contributed by atoms with van der Waals surface area (Å²) >= 11 is 7.63. The lowest BCUT2D eigenvalue weighted by molar-refractivity contribution is -0.0461. The van der Waals surface area contributed by atoms with Gasteiger partial charge in [-0.25, -0.2) is 0 Å². The van der Waals surface area contributed by atoms with Crippen molar-refractivity contribution in [2.24, 2.45) is 22.7 Å². The minimum absolute atomic E-state index is 0.262. The van der Waals surface area contributed by atoms with Crippen LogP contribution in [0.3, 0.4) is 0 Å². The van der Waals surface area contributed by atoms with Crippen molar-refractivity contribution in [3.05, 3.63) is 39.9 Å². The fourth-order valence-corrected chi connectivity index (χ4v) is 7.01. The summed E-state index contributed by atoms with van der Waals surface area (Å²) in [7, 11) is 1.65. The molecule has 0 unspecified atom stereocenters. The first kappa shape index (κ1) is 22.4. The van der Waals surface area contributed by atoms with Gasteiger partial charge in [-0.1, -0.05) is 48.9 Å². The van der Waals surface area contributed by atoms with Crippen molar-refractivity contribution in [2.75, 3.05) is 13.9 Å². The number of benzene rings is 1. The number of hydrogen-bond donors (Lipinski definition) is 0. The van der Waals surface area contributed by atoms with Crippen LogP contribution in [0.1, 0.15) is 57.6 Å². The number of fused-ring (bicyclic) bond motifs is 1. The maximum atomic E-state index is 5.78. The molecule has 156 valence electrons. The zero-order chi connectivity index (χ0) is 20.7. The summed E-state index contributed by atoms with van der Waals surface area (Å²) < 4.78 is 11.9. The minimum Gasteiger partial charge on any atom is -0.466 e. The first-order valence-corrected chi connectivity index (χ1v) is 12.0. The van der Waals surface area contributed by atoms with Crippen molar-refractivity contribution in [2.45, 2.75) is 64.6 Å². The van der Waals surface area contributed by atoms with Gasteiger partial charge in [0.1, 0.15) is 5.75 Å². The molecule has 2 fully saturated rings. The van der Waals surface area contributed by atoms with Crippen LogP contribution in [-0.4, -0.2) is 18.7 Å². The number of ether oxygens (including phenoxy) is 2. The van der Waals surface area contributed by atoms with E-state index < -0.39 is 0 Å². The Bertz CT molecular complexity index is 742. The topological polar surface area (TPSA) is 18.5 Å². The lowest BCUT2D eigenvalue weighted by atomic mass is 9.47. The van der Waals surface area contributed by atoms with E-state index in [0.717, 1.165) is 23.1 Å². The van der Waals surface area contributed by atoms with Crippen LogP contribution < -0.4 is 4.74 Å². The third-order valence-corrected chi connectivity index (χ3v) is 9.89. The van der Waals surface area contributed by atoms with Crippen molar-refractivity contribution in [3.8, 4) is 5.75 Å². The van der Waals surface area contributed by atoms with E-state index in [1.165, 1.54) is 36.0 Å². The smallest absolute Gasteiger partial charge is 0.188 e. The molecule has 0 amide bonds. The first-order chi connectivity index (χ1) is 13.1. The van der Waals surface area contributed by atoms with Crippen LogP contribution in [-0.2, 0) is 11.2 Å². The predicted octanol–water partition coefficient (Wildman–Crippen LogP) is 7.45. The second kappa shape index (κ2) is 8.43. The fraction of sp³-hybridized carbons (Fsp3) is 0.667. The minimum atomic E-state index is 0.262. The van der Waals surface area contributed by atoms with Crippen LogP contribution in [0, 0.1) is 29.6 Å². The molecule has 1 aromatic carbocycles. The molecule has 2 aliphatic rings. The molecule has 1 aromatic rings. The molecule has 0 radical (unpaired) electrons.